The normalized spacial score (nSPS) is 14.7. The Morgan fingerprint density at radius 2 is 1.85 bits per heavy atom. The van der Waals surface area contributed by atoms with Crippen LogP contribution in [0.4, 0.5) is 0 Å². The Morgan fingerprint density at radius 1 is 1.12 bits per heavy atom. The Balaban J connectivity index is 1.93. The maximum Gasteiger partial charge on any atom is 0.341 e. The van der Waals surface area contributed by atoms with E-state index in [0.717, 1.165) is 0 Å². The molecule has 1 N–H and O–H groups in total. The Hall–Kier alpha value is -3.85. The molecule has 13 heteroatoms. The van der Waals surface area contributed by atoms with E-state index in [0.29, 0.717) is 47.0 Å². The predicted octanol–water partition coefficient (Wildman–Crippen LogP) is 2.89. The summed E-state index contributed by atoms with van der Waals surface area (Å²) in [5, 5.41) is 8.99. The fourth-order valence-electron chi connectivity index (χ4n) is 4.38. The summed E-state index contributed by atoms with van der Waals surface area (Å²) in [7, 11) is 4.48. The molecule has 0 unspecified atom stereocenters. The first kappa shape index (κ1) is 30.1. The van der Waals surface area contributed by atoms with Gasteiger partial charge in [0, 0.05) is 11.6 Å². The van der Waals surface area contributed by atoms with Crippen molar-refractivity contribution in [2.45, 2.75) is 19.9 Å². The highest BCUT2D eigenvalue weighted by atomic mass is 127. The van der Waals surface area contributed by atoms with E-state index in [4.69, 9.17) is 28.8 Å². The number of esters is 1. The molecule has 1 aliphatic rings. The van der Waals surface area contributed by atoms with Gasteiger partial charge in [-0.1, -0.05) is 11.3 Å². The number of carbonyl (C=O) groups is 2. The zero-order chi connectivity index (χ0) is 29.8. The third kappa shape index (κ3) is 6.10. The summed E-state index contributed by atoms with van der Waals surface area (Å²) in [6, 6.07) is 7.70. The maximum atomic E-state index is 14.0. The van der Waals surface area contributed by atoms with Gasteiger partial charge >= 0.3 is 11.9 Å². The minimum absolute atomic E-state index is 0.152. The number of halogens is 1. The fraction of sp³-hybridized carbons (Fsp3) is 0.286. The van der Waals surface area contributed by atoms with Gasteiger partial charge in [0.05, 0.1) is 47.3 Å². The van der Waals surface area contributed by atoms with Crippen LogP contribution in [-0.2, 0) is 14.3 Å². The molecule has 4 rings (SSSR count). The second kappa shape index (κ2) is 12.8. The summed E-state index contributed by atoms with van der Waals surface area (Å²) in [4.78, 5) is 43.1. The number of aliphatic carboxylic acids is 1. The molecule has 0 spiro atoms. The Bertz CT molecular complexity index is 1730. The number of fused-ring (bicyclic) bond motifs is 1. The van der Waals surface area contributed by atoms with Crippen LogP contribution in [0.5, 0.6) is 23.0 Å². The molecule has 1 atom stereocenters. The van der Waals surface area contributed by atoms with Crippen molar-refractivity contribution in [1.82, 2.24) is 4.57 Å². The Kier molecular flexibility index (Phi) is 9.38. The van der Waals surface area contributed by atoms with E-state index in [1.807, 2.05) is 22.6 Å². The molecule has 1 aromatic heterocycles. The number of carboxylic acid groups (broad SMARTS) is 1. The summed E-state index contributed by atoms with van der Waals surface area (Å²) in [5.74, 6) is -0.114. The number of rotatable bonds is 10. The standard InChI is InChI=1S/C28H27IN2O9S/c1-6-39-27(35)23-14(2)30-28-31(24(23)17-8-7-16(36-3)12-19(17)37-4)26(34)21(41-28)11-15-9-18(29)25(20(10-15)38-5)40-13-22(32)33/h7-12,24H,6,13H2,1-5H3,(H,32,33)/b21-11-/t24-/m1/s1. The average Bonchev–Trinajstić information content (AvgIpc) is 3.24. The monoisotopic (exact) mass is 694 g/mol. The number of benzene rings is 2. The van der Waals surface area contributed by atoms with Gasteiger partial charge in [-0.05, 0) is 72.3 Å². The van der Waals surface area contributed by atoms with Crippen LogP contribution < -0.4 is 33.8 Å². The molecule has 3 aromatic rings. The van der Waals surface area contributed by atoms with Crippen molar-refractivity contribution < 1.29 is 38.4 Å². The number of methoxy groups -OCH3 is 3. The number of hydrogen-bond acceptors (Lipinski definition) is 10. The summed E-state index contributed by atoms with van der Waals surface area (Å²) >= 11 is 3.18. The zero-order valence-electron chi connectivity index (χ0n) is 22.8. The molecular weight excluding hydrogens is 667 g/mol. The van der Waals surface area contributed by atoms with Crippen molar-refractivity contribution in [2.24, 2.45) is 4.99 Å². The van der Waals surface area contributed by atoms with Crippen molar-refractivity contribution >= 4 is 51.9 Å². The number of nitrogens with zero attached hydrogens (tertiary/aromatic N) is 2. The molecular formula is C28H27IN2O9S. The smallest absolute Gasteiger partial charge is 0.341 e. The van der Waals surface area contributed by atoms with E-state index in [2.05, 4.69) is 4.99 Å². The van der Waals surface area contributed by atoms with Crippen molar-refractivity contribution in [1.29, 1.82) is 0 Å². The molecule has 0 bridgehead atoms. The molecule has 11 nitrogen and oxygen atoms in total. The first-order valence-corrected chi connectivity index (χ1v) is 14.2. The number of carbonyl (C=O) groups excluding carboxylic acids is 1. The number of aromatic nitrogens is 1. The maximum absolute atomic E-state index is 14.0. The molecule has 216 valence electrons. The highest BCUT2D eigenvalue weighted by Crippen LogP contribution is 2.38. The van der Waals surface area contributed by atoms with E-state index >= 15 is 0 Å². The topological polar surface area (TPSA) is 135 Å². The van der Waals surface area contributed by atoms with Crippen LogP contribution in [0.25, 0.3) is 6.08 Å². The number of allylic oxidation sites excluding steroid dienone is 1. The van der Waals surface area contributed by atoms with Gasteiger partial charge in [0.25, 0.3) is 5.56 Å². The molecule has 0 aliphatic carbocycles. The lowest BCUT2D eigenvalue weighted by molar-refractivity contribution is -0.140. The lowest BCUT2D eigenvalue weighted by atomic mass is 9.95. The third-order valence-corrected chi connectivity index (χ3v) is 7.93. The summed E-state index contributed by atoms with van der Waals surface area (Å²) in [5.41, 5.74) is 1.47. The number of thiazole rings is 1. The lowest BCUT2D eigenvalue weighted by Gasteiger charge is -2.26. The largest absolute Gasteiger partial charge is 0.497 e. The van der Waals surface area contributed by atoms with Crippen molar-refractivity contribution in [3.63, 3.8) is 0 Å². The van der Waals surface area contributed by atoms with Crippen molar-refractivity contribution in [3.05, 3.63) is 76.0 Å². The molecule has 2 heterocycles. The van der Waals surface area contributed by atoms with Gasteiger partial charge in [0.2, 0.25) is 0 Å². The van der Waals surface area contributed by atoms with Crippen LogP contribution in [0.2, 0.25) is 0 Å². The Labute approximate surface area is 252 Å². The summed E-state index contributed by atoms with van der Waals surface area (Å²) < 4.78 is 29.6. The zero-order valence-corrected chi connectivity index (χ0v) is 25.8. The SMILES string of the molecule is CCOC(=O)C1=C(C)N=c2s/c(=C\c3cc(I)c(OCC(=O)O)c(OC)c3)c(=O)n2[C@@H]1c1ccc(OC)cc1OC. The minimum Gasteiger partial charge on any atom is -0.497 e. The molecule has 41 heavy (non-hydrogen) atoms. The lowest BCUT2D eigenvalue weighted by Crippen LogP contribution is -2.40. The highest BCUT2D eigenvalue weighted by Gasteiger charge is 2.35. The van der Waals surface area contributed by atoms with Crippen LogP contribution in [-0.4, -0.2) is 56.2 Å². The molecule has 0 saturated heterocycles. The van der Waals surface area contributed by atoms with Gasteiger partial charge in [-0.15, -0.1) is 0 Å². The quantitative estimate of drug-likeness (QED) is 0.251. The molecule has 0 saturated carbocycles. The molecule has 0 radical (unpaired) electrons. The van der Waals surface area contributed by atoms with Crippen LogP contribution in [0.3, 0.4) is 0 Å². The van der Waals surface area contributed by atoms with Gasteiger partial charge < -0.3 is 28.8 Å². The average molecular weight is 695 g/mol. The van der Waals surface area contributed by atoms with E-state index in [9.17, 15) is 14.4 Å². The van der Waals surface area contributed by atoms with Crippen LogP contribution in [0, 0.1) is 3.57 Å². The van der Waals surface area contributed by atoms with Gasteiger partial charge in [0.15, 0.2) is 22.9 Å². The second-order valence-corrected chi connectivity index (χ2v) is 10.8. The number of hydrogen-bond donors (Lipinski definition) is 1. The van der Waals surface area contributed by atoms with Crippen molar-refractivity contribution in [3.8, 4) is 23.0 Å². The van der Waals surface area contributed by atoms with E-state index in [-0.39, 0.29) is 23.5 Å². The predicted molar refractivity (Wildman–Crippen MR) is 159 cm³/mol. The fourth-order valence-corrected chi connectivity index (χ4v) is 6.21. The van der Waals surface area contributed by atoms with Crippen LogP contribution >= 0.6 is 33.9 Å². The number of carboxylic acids is 1. The minimum atomic E-state index is -1.12. The number of ether oxygens (including phenoxy) is 5. The molecule has 2 aromatic carbocycles. The van der Waals surface area contributed by atoms with Gasteiger partial charge in [0.1, 0.15) is 17.5 Å². The van der Waals surface area contributed by atoms with Crippen LogP contribution in [0.1, 0.15) is 31.0 Å². The third-order valence-electron chi connectivity index (χ3n) is 6.14. The summed E-state index contributed by atoms with van der Waals surface area (Å²) in [6.07, 6.45) is 1.68. The highest BCUT2D eigenvalue weighted by molar-refractivity contribution is 14.1. The molecule has 0 amide bonds. The molecule has 0 fully saturated rings. The van der Waals surface area contributed by atoms with Crippen LogP contribution in [0.15, 0.2) is 51.4 Å². The van der Waals surface area contributed by atoms with E-state index in [1.54, 1.807) is 50.3 Å². The second-order valence-electron chi connectivity index (χ2n) is 8.63. The Morgan fingerprint density at radius 3 is 2.49 bits per heavy atom. The van der Waals surface area contributed by atoms with Gasteiger partial charge in [-0.3, -0.25) is 9.36 Å². The van der Waals surface area contributed by atoms with Crippen molar-refractivity contribution in [2.75, 3.05) is 34.5 Å². The van der Waals surface area contributed by atoms with Gasteiger partial charge in [-0.2, -0.15) is 0 Å². The first-order valence-electron chi connectivity index (χ1n) is 12.3. The first-order chi connectivity index (χ1) is 19.6. The molecule has 1 aliphatic heterocycles. The summed E-state index contributed by atoms with van der Waals surface area (Å²) in [6.45, 7) is 3.04. The van der Waals surface area contributed by atoms with Gasteiger partial charge in [-0.25, -0.2) is 14.6 Å². The van der Waals surface area contributed by atoms with E-state index in [1.165, 1.54) is 37.2 Å². The van der Waals surface area contributed by atoms with E-state index < -0.39 is 24.6 Å².